The van der Waals surface area contributed by atoms with Crippen molar-refractivity contribution >= 4 is 11.9 Å². The third-order valence-corrected chi connectivity index (χ3v) is 1.83. The van der Waals surface area contributed by atoms with Crippen molar-refractivity contribution in [2.45, 2.75) is 13.5 Å². The van der Waals surface area contributed by atoms with E-state index in [1.54, 1.807) is 6.92 Å². The average molecular weight is 223 g/mol. The van der Waals surface area contributed by atoms with Crippen molar-refractivity contribution in [1.29, 1.82) is 0 Å². The molecule has 16 heavy (non-hydrogen) atoms. The summed E-state index contributed by atoms with van der Waals surface area (Å²) in [7, 11) is 0. The van der Waals surface area contributed by atoms with E-state index < -0.39 is 11.9 Å². The van der Waals surface area contributed by atoms with Gasteiger partial charge in [0.05, 0.1) is 30.5 Å². The summed E-state index contributed by atoms with van der Waals surface area (Å²) >= 11 is 0. The highest BCUT2D eigenvalue weighted by atomic mass is 16.5. The van der Waals surface area contributed by atoms with Crippen molar-refractivity contribution < 1.29 is 14.3 Å². The lowest BCUT2D eigenvalue weighted by Crippen LogP contribution is -2.13. The van der Waals surface area contributed by atoms with E-state index in [1.165, 1.54) is 17.1 Å². The topological polar surface area (TPSA) is 87.2 Å². The molecule has 0 aliphatic rings. The van der Waals surface area contributed by atoms with Crippen LogP contribution in [0.5, 0.6) is 0 Å². The smallest absolute Gasteiger partial charge is 0.335 e. The van der Waals surface area contributed by atoms with Crippen molar-refractivity contribution in [1.82, 2.24) is 9.78 Å². The SMILES string of the molecule is C=C(Cn1cc(C(N)=O)cn1)C(=O)OCC. The predicted molar refractivity (Wildman–Crippen MR) is 56.5 cm³/mol. The number of carbonyl (C=O) groups is 2. The highest BCUT2D eigenvalue weighted by molar-refractivity contribution is 5.92. The molecule has 0 atom stereocenters. The summed E-state index contributed by atoms with van der Waals surface area (Å²) in [4.78, 5) is 22.0. The third-order valence-electron chi connectivity index (χ3n) is 1.83. The van der Waals surface area contributed by atoms with Crippen molar-refractivity contribution in [3.8, 4) is 0 Å². The average Bonchev–Trinajstić information content (AvgIpc) is 2.66. The van der Waals surface area contributed by atoms with Gasteiger partial charge in [-0.25, -0.2) is 4.79 Å². The molecule has 0 aliphatic heterocycles. The van der Waals surface area contributed by atoms with Gasteiger partial charge in [0, 0.05) is 6.20 Å². The number of nitrogens with zero attached hydrogens (tertiary/aromatic N) is 2. The van der Waals surface area contributed by atoms with Crippen LogP contribution in [0.25, 0.3) is 0 Å². The lowest BCUT2D eigenvalue weighted by Gasteiger charge is -2.04. The molecule has 0 saturated carbocycles. The fourth-order valence-electron chi connectivity index (χ4n) is 1.07. The van der Waals surface area contributed by atoms with Gasteiger partial charge in [-0.2, -0.15) is 5.10 Å². The van der Waals surface area contributed by atoms with Crippen molar-refractivity contribution in [2.75, 3.05) is 6.61 Å². The highest BCUT2D eigenvalue weighted by Gasteiger charge is 2.10. The predicted octanol–water partition coefficient (Wildman–Crippen LogP) is 0.101. The van der Waals surface area contributed by atoms with E-state index in [4.69, 9.17) is 10.5 Å². The molecule has 6 heteroatoms. The summed E-state index contributed by atoms with van der Waals surface area (Å²) in [6.45, 7) is 5.75. The van der Waals surface area contributed by atoms with Gasteiger partial charge in [-0.3, -0.25) is 9.48 Å². The molecule has 1 amide bonds. The number of carbonyl (C=O) groups excluding carboxylic acids is 2. The Morgan fingerprint density at radius 3 is 2.81 bits per heavy atom. The van der Waals surface area contributed by atoms with E-state index in [0.29, 0.717) is 6.61 Å². The Kier molecular flexibility index (Phi) is 3.82. The lowest BCUT2D eigenvalue weighted by molar-refractivity contribution is -0.138. The molecule has 0 bridgehead atoms. The first kappa shape index (κ1) is 12.0. The van der Waals surface area contributed by atoms with Gasteiger partial charge >= 0.3 is 5.97 Å². The minimum absolute atomic E-state index is 0.173. The number of rotatable bonds is 5. The Morgan fingerprint density at radius 2 is 2.31 bits per heavy atom. The number of hydrogen-bond donors (Lipinski definition) is 1. The van der Waals surface area contributed by atoms with Gasteiger partial charge in [0.15, 0.2) is 0 Å². The Balaban J connectivity index is 2.63. The van der Waals surface area contributed by atoms with E-state index >= 15 is 0 Å². The minimum Gasteiger partial charge on any atom is -0.463 e. The number of primary amides is 1. The van der Waals surface area contributed by atoms with Crippen LogP contribution in [0.3, 0.4) is 0 Å². The second kappa shape index (κ2) is 5.11. The second-order valence-electron chi connectivity index (χ2n) is 3.11. The van der Waals surface area contributed by atoms with Gasteiger partial charge in [0.25, 0.3) is 5.91 Å². The molecule has 1 rings (SSSR count). The van der Waals surface area contributed by atoms with E-state index in [9.17, 15) is 9.59 Å². The number of hydrogen-bond acceptors (Lipinski definition) is 4. The fourth-order valence-corrected chi connectivity index (χ4v) is 1.07. The molecule has 0 spiro atoms. The molecule has 0 fully saturated rings. The summed E-state index contributed by atoms with van der Waals surface area (Å²) in [5, 5.41) is 3.87. The second-order valence-corrected chi connectivity index (χ2v) is 3.11. The van der Waals surface area contributed by atoms with Gasteiger partial charge in [-0.15, -0.1) is 0 Å². The van der Waals surface area contributed by atoms with Crippen LogP contribution in [0, 0.1) is 0 Å². The molecule has 0 radical (unpaired) electrons. The molecule has 1 heterocycles. The molecule has 0 unspecified atom stereocenters. The number of aromatic nitrogens is 2. The number of amides is 1. The number of ether oxygens (including phenoxy) is 1. The summed E-state index contributed by atoms with van der Waals surface area (Å²) < 4.78 is 6.16. The Hall–Kier alpha value is -2.11. The largest absolute Gasteiger partial charge is 0.463 e. The number of esters is 1. The van der Waals surface area contributed by atoms with E-state index in [1.807, 2.05) is 0 Å². The van der Waals surface area contributed by atoms with Crippen LogP contribution >= 0.6 is 0 Å². The summed E-state index contributed by atoms with van der Waals surface area (Å²) in [6.07, 6.45) is 2.79. The first-order valence-electron chi connectivity index (χ1n) is 4.71. The molecule has 2 N–H and O–H groups in total. The zero-order valence-corrected chi connectivity index (χ0v) is 8.97. The van der Waals surface area contributed by atoms with Crippen LogP contribution in [0.15, 0.2) is 24.5 Å². The van der Waals surface area contributed by atoms with Crippen LogP contribution in [-0.2, 0) is 16.1 Å². The van der Waals surface area contributed by atoms with Crippen molar-refractivity contribution in [3.63, 3.8) is 0 Å². The Morgan fingerprint density at radius 1 is 1.62 bits per heavy atom. The molecular weight excluding hydrogens is 210 g/mol. The van der Waals surface area contributed by atoms with Crippen LogP contribution in [0.4, 0.5) is 0 Å². The molecule has 0 saturated heterocycles. The zero-order chi connectivity index (χ0) is 12.1. The first-order chi connectivity index (χ1) is 7.54. The quantitative estimate of drug-likeness (QED) is 0.566. The van der Waals surface area contributed by atoms with Crippen LogP contribution < -0.4 is 5.73 Å². The van der Waals surface area contributed by atoms with Crippen molar-refractivity contribution in [2.24, 2.45) is 5.73 Å². The van der Waals surface area contributed by atoms with Crippen LogP contribution in [0.1, 0.15) is 17.3 Å². The Labute approximate surface area is 92.7 Å². The van der Waals surface area contributed by atoms with E-state index in [2.05, 4.69) is 11.7 Å². The third kappa shape index (κ3) is 2.94. The molecule has 0 aromatic carbocycles. The molecule has 1 aromatic heterocycles. The summed E-state index contributed by atoms with van der Waals surface area (Å²) in [5.74, 6) is -1.04. The summed E-state index contributed by atoms with van der Waals surface area (Å²) in [6, 6.07) is 0. The Bertz CT molecular complexity index is 423. The maximum atomic E-state index is 11.2. The van der Waals surface area contributed by atoms with Gasteiger partial charge in [-0.05, 0) is 6.92 Å². The summed E-state index contributed by atoms with van der Waals surface area (Å²) in [5.41, 5.74) is 5.61. The molecule has 1 aromatic rings. The fraction of sp³-hybridized carbons (Fsp3) is 0.300. The maximum absolute atomic E-state index is 11.2. The van der Waals surface area contributed by atoms with Gasteiger partial charge < -0.3 is 10.5 Å². The molecular formula is C10H13N3O3. The maximum Gasteiger partial charge on any atom is 0.335 e. The van der Waals surface area contributed by atoms with Crippen molar-refractivity contribution in [3.05, 3.63) is 30.1 Å². The normalized spacial score (nSPS) is 9.81. The molecule has 86 valence electrons. The van der Waals surface area contributed by atoms with E-state index in [-0.39, 0.29) is 17.7 Å². The minimum atomic E-state index is -0.562. The standard InChI is InChI=1S/C10H13N3O3/c1-3-16-10(15)7(2)5-13-6-8(4-12-13)9(11)14/h4,6H,2-3,5H2,1H3,(H2,11,14). The van der Waals surface area contributed by atoms with Gasteiger partial charge in [0.2, 0.25) is 0 Å². The van der Waals surface area contributed by atoms with Crippen LogP contribution in [-0.4, -0.2) is 28.3 Å². The number of nitrogens with two attached hydrogens (primary N) is 1. The first-order valence-corrected chi connectivity index (χ1v) is 4.71. The monoisotopic (exact) mass is 223 g/mol. The van der Waals surface area contributed by atoms with Gasteiger partial charge in [0.1, 0.15) is 0 Å². The van der Waals surface area contributed by atoms with Crippen LogP contribution in [0.2, 0.25) is 0 Å². The van der Waals surface area contributed by atoms with E-state index in [0.717, 1.165) is 0 Å². The molecule has 0 aliphatic carbocycles. The lowest BCUT2D eigenvalue weighted by atomic mass is 10.3. The molecule has 6 nitrogen and oxygen atoms in total. The zero-order valence-electron chi connectivity index (χ0n) is 8.97. The highest BCUT2D eigenvalue weighted by Crippen LogP contribution is 2.02. The van der Waals surface area contributed by atoms with Gasteiger partial charge in [-0.1, -0.05) is 6.58 Å².